The van der Waals surface area contributed by atoms with Crippen LogP contribution in [0.2, 0.25) is 0 Å². The fourth-order valence-electron chi connectivity index (χ4n) is 11.1. The summed E-state index contributed by atoms with van der Waals surface area (Å²) < 4.78 is 6.06. The van der Waals surface area contributed by atoms with Crippen LogP contribution in [0.5, 0.6) is 0 Å². The third kappa shape index (κ3) is 8.21. The van der Waals surface area contributed by atoms with E-state index in [1.807, 2.05) is 4.90 Å². The summed E-state index contributed by atoms with van der Waals surface area (Å²) in [5.41, 5.74) is 1.91. The van der Waals surface area contributed by atoms with Gasteiger partial charge in [-0.25, -0.2) is 0 Å². The highest BCUT2D eigenvalue weighted by atomic mass is 16.5. The third-order valence-electron chi connectivity index (χ3n) is 13.6. The van der Waals surface area contributed by atoms with E-state index in [0.717, 1.165) is 86.4 Å². The highest BCUT2D eigenvalue weighted by molar-refractivity contribution is 5.76. The molecule has 10 atom stereocenters. The molecule has 2 unspecified atom stereocenters. The summed E-state index contributed by atoms with van der Waals surface area (Å²) in [6.45, 7) is 12.4. The first-order valence-corrected chi connectivity index (χ1v) is 19.5. The Labute approximate surface area is 275 Å². The van der Waals surface area contributed by atoms with Crippen LogP contribution in [-0.2, 0) is 14.3 Å². The highest BCUT2D eigenvalue weighted by Gasteiger charge is 2.54. The molecule has 5 heteroatoms. The molecule has 1 amide bonds. The molecule has 1 saturated heterocycles. The number of aliphatic hydroxyl groups excluding tert-OH is 1. The Balaban J connectivity index is 1.02. The van der Waals surface area contributed by atoms with Crippen LogP contribution in [0.15, 0.2) is 11.6 Å². The fraction of sp³-hybridized carbons (Fsp3) is 0.900. The maximum atomic E-state index is 12.8. The predicted octanol–water partition coefficient (Wildman–Crippen LogP) is 9.26. The minimum Gasteiger partial charge on any atom is -0.462 e. The van der Waals surface area contributed by atoms with Crippen LogP contribution in [0, 0.1) is 46.8 Å². The quantitative estimate of drug-likeness (QED) is 0.119. The first-order chi connectivity index (χ1) is 21.6. The van der Waals surface area contributed by atoms with Crippen molar-refractivity contribution in [2.75, 3.05) is 6.54 Å². The SMILES string of the molecule is CCC1C[C@@H](O)CN1C(=O)CCCCCCC(=O)O[C@H]1CC[C@@]2(C)C(=CC[C@H]3[C@@H]4CC[C@H]([C@H](C)CCCC(C)C)C4CC[C@@H]32)C1. The summed E-state index contributed by atoms with van der Waals surface area (Å²) in [5.74, 6) is 6.40. The molecule has 0 radical (unpaired) electrons. The first kappa shape index (κ1) is 35.0. The maximum Gasteiger partial charge on any atom is 0.306 e. The predicted molar refractivity (Wildman–Crippen MR) is 182 cm³/mol. The number of carbonyl (C=O) groups is 2. The Hall–Kier alpha value is -1.36. The third-order valence-corrected chi connectivity index (χ3v) is 13.6. The molecule has 5 rings (SSSR count). The van der Waals surface area contributed by atoms with Gasteiger partial charge >= 0.3 is 5.97 Å². The minimum atomic E-state index is -0.368. The molecule has 3 saturated carbocycles. The lowest BCUT2D eigenvalue weighted by atomic mass is 9.50. The van der Waals surface area contributed by atoms with E-state index in [-0.39, 0.29) is 30.1 Å². The molecular formula is C40H67NO4. The molecule has 5 aliphatic rings. The molecule has 0 aromatic carbocycles. The molecule has 4 fully saturated rings. The van der Waals surface area contributed by atoms with Crippen molar-refractivity contribution in [1.29, 1.82) is 0 Å². The van der Waals surface area contributed by atoms with Gasteiger partial charge in [-0.05, 0) is 117 Å². The Morgan fingerprint density at radius 2 is 1.71 bits per heavy atom. The van der Waals surface area contributed by atoms with Crippen LogP contribution >= 0.6 is 0 Å². The number of carbonyl (C=O) groups excluding carboxylic acids is 2. The number of fused-ring (bicyclic) bond motifs is 5. The highest BCUT2D eigenvalue weighted by Crippen LogP contribution is 2.63. The van der Waals surface area contributed by atoms with E-state index in [2.05, 4.69) is 40.7 Å². The molecule has 256 valence electrons. The molecule has 1 N–H and O–H groups in total. The number of likely N-dealkylation sites (tertiary alicyclic amines) is 1. The topological polar surface area (TPSA) is 66.8 Å². The number of hydrogen-bond acceptors (Lipinski definition) is 4. The summed E-state index contributed by atoms with van der Waals surface area (Å²) in [5, 5.41) is 9.92. The summed E-state index contributed by atoms with van der Waals surface area (Å²) in [6, 6.07) is 0.193. The van der Waals surface area contributed by atoms with Crippen molar-refractivity contribution in [3.05, 3.63) is 11.6 Å². The van der Waals surface area contributed by atoms with Crippen molar-refractivity contribution in [1.82, 2.24) is 4.90 Å². The van der Waals surface area contributed by atoms with Crippen molar-refractivity contribution >= 4 is 11.9 Å². The maximum absolute atomic E-state index is 12.8. The summed E-state index contributed by atoms with van der Waals surface area (Å²) >= 11 is 0. The molecule has 1 aliphatic heterocycles. The largest absolute Gasteiger partial charge is 0.462 e. The van der Waals surface area contributed by atoms with E-state index >= 15 is 0 Å². The second kappa shape index (κ2) is 15.7. The second-order valence-corrected chi connectivity index (χ2v) is 16.9. The summed E-state index contributed by atoms with van der Waals surface area (Å²) in [7, 11) is 0. The van der Waals surface area contributed by atoms with Crippen LogP contribution in [-0.4, -0.2) is 46.7 Å². The lowest BCUT2D eigenvalue weighted by Gasteiger charge is -2.55. The van der Waals surface area contributed by atoms with Crippen molar-refractivity contribution in [2.24, 2.45) is 46.8 Å². The number of allylic oxidation sites excluding steroid dienone is 1. The van der Waals surface area contributed by atoms with Gasteiger partial charge in [-0.15, -0.1) is 0 Å². The number of amides is 1. The van der Waals surface area contributed by atoms with Gasteiger partial charge < -0.3 is 14.7 Å². The van der Waals surface area contributed by atoms with Crippen LogP contribution in [0.3, 0.4) is 0 Å². The molecule has 4 aliphatic carbocycles. The molecule has 0 spiro atoms. The number of esters is 1. The molecule has 5 nitrogen and oxygen atoms in total. The number of hydrogen-bond donors (Lipinski definition) is 1. The monoisotopic (exact) mass is 626 g/mol. The molecule has 45 heavy (non-hydrogen) atoms. The number of aliphatic hydroxyl groups is 1. The van der Waals surface area contributed by atoms with E-state index < -0.39 is 0 Å². The Morgan fingerprint density at radius 3 is 2.47 bits per heavy atom. The van der Waals surface area contributed by atoms with Crippen LogP contribution in [0.25, 0.3) is 0 Å². The zero-order valence-corrected chi connectivity index (χ0v) is 29.6. The molecule has 0 aromatic heterocycles. The minimum absolute atomic E-state index is 0.0363. The van der Waals surface area contributed by atoms with Crippen LogP contribution < -0.4 is 0 Å². The van der Waals surface area contributed by atoms with E-state index in [1.165, 1.54) is 57.8 Å². The van der Waals surface area contributed by atoms with Crippen molar-refractivity contribution < 1.29 is 19.4 Å². The van der Waals surface area contributed by atoms with Crippen LogP contribution in [0.1, 0.15) is 157 Å². The van der Waals surface area contributed by atoms with Gasteiger partial charge in [0.25, 0.3) is 0 Å². The molecule has 1 heterocycles. The van der Waals surface area contributed by atoms with E-state index in [0.29, 0.717) is 31.2 Å². The summed E-state index contributed by atoms with van der Waals surface area (Å²) in [4.78, 5) is 27.3. The Morgan fingerprint density at radius 1 is 0.956 bits per heavy atom. The zero-order valence-electron chi connectivity index (χ0n) is 29.6. The summed E-state index contributed by atoms with van der Waals surface area (Å²) in [6.07, 6.45) is 22.9. The Bertz CT molecular complexity index is 1020. The van der Waals surface area contributed by atoms with E-state index in [9.17, 15) is 14.7 Å². The number of nitrogens with zero attached hydrogens (tertiary/aromatic N) is 1. The van der Waals surface area contributed by atoms with Gasteiger partial charge in [0.1, 0.15) is 6.10 Å². The molecule has 0 bridgehead atoms. The van der Waals surface area contributed by atoms with E-state index in [4.69, 9.17) is 4.74 Å². The van der Waals surface area contributed by atoms with Gasteiger partial charge in [0, 0.05) is 31.8 Å². The number of rotatable bonds is 14. The lowest BCUT2D eigenvalue weighted by molar-refractivity contribution is -0.151. The fourth-order valence-corrected chi connectivity index (χ4v) is 11.1. The van der Waals surface area contributed by atoms with Gasteiger partial charge in [0.2, 0.25) is 5.91 Å². The standard InChI is InChI=1S/C40H67NO4/c1-6-30-25-31(42)26-41(30)38(43)14-9-7-8-10-15-39(44)45-32-22-23-40(5)29(24-32)16-17-36-35-19-18-33(34(35)20-21-37(36)40)28(4)13-11-12-27(2)3/h16,27-28,30-37,42H,6-15,17-26H2,1-5H3/t28-,30?,31-,32+,33-,34?,35-,36+,37+,40+/m1/s1. The average Bonchev–Trinajstić information content (AvgIpc) is 3.62. The molecule has 0 aromatic rings. The van der Waals surface area contributed by atoms with Gasteiger partial charge in [0.05, 0.1) is 6.10 Å². The Kier molecular flexibility index (Phi) is 12.2. The smallest absolute Gasteiger partial charge is 0.306 e. The van der Waals surface area contributed by atoms with Crippen molar-refractivity contribution in [2.45, 2.75) is 175 Å². The van der Waals surface area contributed by atoms with Gasteiger partial charge in [-0.2, -0.15) is 0 Å². The average molecular weight is 626 g/mol. The van der Waals surface area contributed by atoms with Gasteiger partial charge in [0.15, 0.2) is 0 Å². The normalized spacial score (nSPS) is 36.7. The van der Waals surface area contributed by atoms with E-state index in [1.54, 1.807) is 5.57 Å². The lowest BCUT2D eigenvalue weighted by Crippen LogP contribution is -2.48. The zero-order chi connectivity index (χ0) is 32.1. The number of ether oxygens (including phenoxy) is 1. The number of unbranched alkanes of at least 4 members (excludes halogenated alkanes) is 3. The second-order valence-electron chi connectivity index (χ2n) is 16.9. The van der Waals surface area contributed by atoms with Crippen molar-refractivity contribution in [3.8, 4) is 0 Å². The van der Waals surface area contributed by atoms with Gasteiger partial charge in [-0.3, -0.25) is 9.59 Å². The first-order valence-electron chi connectivity index (χ1n) is 19.5. The van der Waals surface area contributed by atoms with Gasteiger partial charge in [-0.1, -0.05) is 78.4 Å². The number of β-amino-alcohol motifs (C(OH)–C–C–N with tert-alkyl or cyclic N) is 1. The van der Waals surface area contributed by atoms with Crippen molar-refractivity contribution in [3.63, 3.8) is 0 Å². The molecular weight excluding hydrogens is 558 g/mol. The van der Waals surface area contributed by atoms with Crippen LogP contribution in [0.4, 0.5) is 0 Å².